The molecule has 0 unspecified atom stereocenters. The Balaban J connectivity index is 1.26. The fourth-order valence-electron chi connectivity index (χ4n) is 10.9. The molecular weight excluding hydrogens is 813 g/mol. The van der Waals surface area contributed by atoms with E-state index in [4.69, 9.17) is 6.57 Å². The van der Waals surface area contributed by atoms with Crippen LogP contribution in [0.15, 0.2) is 243 Å². The van der Waals surface area contributed by atoms with Crippen molar-refractivity contribution in [2.45, 2.75) is 5.41 Å². The summed E-state index contributed by atoms with van der Waals surface area (Å²) in [6, 6.07) is 88.0. The fraction of sp³-hybridized carbons (Fsp3) is 0.0159. The standard InChI is InChI=1S/C63H40N4/c1-65-56-35-19-21-37-58(56)66(46-27-10-4-11-28-46)48-38-39-53-54(40-48)49-31-15-17-33-51(49)61-60-52-34-18-16-32-50(52)59(67(47-29-12-5-13-30-47)57-36-20-14-22-43(57)42-64)41-55(60)63(62(53)61,44-23-6-2-7-24-44)45-25-8-3-9-26-45/h2-41H. The number of hydrogen-bond acceptors (Lipinski definition) is 3. The van der Waals surface area contributed by atoms with Crippen molar-refractivity contribution < 1.29 is 0 Å². The van der Waals surface area contributed by atoms with Gasteiger partial charge in [0.1, 0.15) is 6.07 Å². The molecule has 0 fully saturated rings. The van der Waals surface area contributed by atoms with Crippen LogP contribution >= 0.6 is 0 Å². The molecule has 11 aromatic rings. The zero-order chi connectivity index (χ0) is 44.9. The zero-order valence-electron chi connectivity index (χ0n) is 36.4. The summed E-state index contributed by atoms with van der Waals surface area (Å²) in [6.07, 6.45) is 0. The van der Waals surface area contributed by atoms with E-state index in [1.807, 2.05) is 66.7 Å². The van der Waals surface area contributed by atoms with Gasteiger partial charge in [-0.1, -0.05) is 182 Å². The first-order valence-corrected chi connectivity index (χ1v) is 22.5. The van der Waals surface area contributed by atoms with E-state index in [-0.39, 0.29) is 0 Å². The highest BCUT2D eigenvalue weighted by atomic mass is 15.2. The minimum Gasteiger partial charge on any atom is -0.320 e. The lowest BCUT2D eigenvalue weighted by Gasteiger charge is -2.36. The predicted octanol–water partition coefficient (Wildman–Crippen LogP) is 16.9. The molecule has 0 heterocycles. The maximum Gasteiger partial charge on any atom is 0.210 e. The summed E-state index contributed by atoms with van der Waals surface area (Å²) >= 11 is 0. The van der Waals surface area contributed by atoms with Crippen molar-refractivity contribution >= 4 is 72.1 Å². The van der Waals surface area contributed by atoms with E-state index in [0.29, 0.717) is 11.3 Å². The van der Waals surface area contributed by atoms with Gasteiger partial charge in [-0.25, -0.2) is 4.85 Å². The highest BCUT2D eigenvalue weighted by Gasteiger charge is 2.49. The Bertz CT molecular complexity index is 3740. The average molecular weight is 853 g/mol. The van der Waals surface area contributed by atoms with Gasteiger partial charge < -0.3 is 9.80 Å². The van der Waals surface area contributed by atoms with E-state index in [2.05, 4.69) is 197 Å². The van der Waals surface area contributed by atoms with E-state index < -0.39 is 5.41 Å². The zero-order valence-corrected chi connectivity index (χ0v) is 36.4. The Hall–Kier alpha value is -9.22. The van der Waals surface area contributed by atoms with Crippen LogP contribution in [0.25, 0.3) is 48.3 Å². The average Bonchev–Trinajstić information content (AvgIpc) is 3.72. The summed E-state index contributed by atoms with van der Waals surface area (Å²) in [5.41, 5.74) is 13.0. The molecule has 0 bridgehead atoms. The molecule has 0 atom stereocenters. The van der Waals surface area contributed by atoms with Crippen LogP contribution in [0.2, 0.25) is 0 Å². The van der Waals surface area contributed by atoms with E-state index in [1.165, 1.54) is 22.3 Å². The van der Waals surface area contributed by atoms with Crippen LogP contribution < -0.4 is 9.80 Å². The summed E-state index contributed by atoms with van der Waals surface area (Å²) in [6.45, 7) is 8.19. The van der Waals surface area contributed by atoms with Crippen molar-refractivity contribution in [3.63, 3.8) is 0 Å². The molecule has 67 heavy (non-hydrogen) atoms. The van der Waals surface area contributed by atoms with Crippen LogP contribution in [0.1, 0.15) is 27.8 Å². The van der Waals surface area contributed by atoms with Crippen molar-refractivity contribution in [3.8, 4) is 17.2 Å². The number of hydrogen-bond donors (Lipinski definition) is 0. The summed E-state index contributed by atoms with van der Waals surface area (Å²) in [4.78, 5) is 8.47. The molecule has 0 amide bonds. The third kappa shape index (κ3) is 6.05. The van der Waals surface area contributed by atoms with Crippen molar-refractivity contribution in [1.82, 2.24) is 0 Å². The van der Waals surface area contributed by atoms with Gasteiger partial charge in [-0.05, 0) is 121 Å². The van der Waals surface area contributed by atoms with Crippen molar-refractivity contribution in [3.05, 3.63) is 282 Å². The number of nitrogens with zero attached hydrogens (tertiary/aromatic N) is 4. The van der Waals surface area contributed by atoms with Crippen LogP contribution in [-0.4, -0.2) is 0 Å². The topological polar surface area (TPSA) is 34.6 Å². The Kier molecular flexibility index (Phi) is 9.46. The van der Waals surface area contributed by atoms with Gasteiger partial charge in [-0.15, -0.1) is 0 Å². The molecule has 4 nitrogen and oxygen atoms in total. The molecule has 4 heteroatoms. The van der Waals surface area contributed by atoms with Gasteiger partial charge in [-0.3, -0.25) is 0 Å². The van der Waals surface area contributed by atoms with Crippen LogP contribution in [0.4, 0.5) is 39.8 Å². The third-order valence-electron chi connectivity index (χ3n) is 13.5. The Labute approximate surface area is 389 Å². The minimum absolute atomic E-state index is 0.581. The lowest BCUT2D eigenvalue weighted by atomic mass is 9.66. The first-order chi connectivity index (χ1) is 33.2. The second-order valence-corrected chi connectivity index (χ2v) is 16.9. The molecule has 0 radical (unpaired) electrons. The second-order valence-electron chi connectivity index (χ2n) is 16.9. The Morgan fingerprint density at radius 3 is 1.52 bits per heavy atom. The van der Waals surface area contributed by atoms with E-state index >= 15 is 0 Å². The quantitative estimate of drug-likeness (QED) is 0.113. The molecule has 1 aliphatic carbocycles. The van der Waals surface area contributed by atoms with Gasteiger partial charge in [0, 0.05) is 22.4 Å². The minimum atomic E-state index is -0.803. The van der Waals surface area contributed by atoms with Gasteiger partial charge in [0.25, 0.3) is 0 Å². The van der Waals surface area contributed by atoms with E-state index in [1.54, 1.807) is 0 Å². The number of nitriles is 1. The highest BCUT2D eigenvalue weighted by Crippen LogP contribution is 2.63. The summed E-state index contributed by atoms with van der Waals surface area (Å²) in [7, 11) is 0. The van der Waals surface area contributed by atoms with Gasteiger partial charge in [0.05, 0.1) is 34.6 Å². The molecule has 312 valence electrons. The molecule has 0 N–H and O–H groups in total. The largest absolute Gasteiger partial charge is 0.320 e. The molecule has 12 rings (SSSR count). The number of fused-ring (bicyclic) bond motifs is 10. The Morgan fingerprint density at radius 2 is 0.896 bits per heavy atom. The van der Waals surface area contributed by atoms with E-state index in [9.17, 15) is 5.26 Å². The van der Waals surface area contributed by atoms with Crippen molar-refractivity contribution in [1.29, 1.82) is 5.26 Å². The predicted molar refractivity (Wildman–Crippen MR) is 277 cm³/mol. The molecule has 1 aliphatic rings. The molecule has 11 aromatic carbocycles. The second kappa shape index (κ2) is 16.1. The maximum atomic E-state index is 10.6. The lowest BCUT2D eigenvalue weighted by Crippen LogP contribution is -2.29. The first kappa shape index (κ1) is 39.4. The van der Waals surface area contributed by atoms with Crippen LogP contribution in [0.3, 0.4) is 0 Å². The fourth-order valence-corrected chi connectivity index (χ4v) is 10.9. The molecule has 0 saturated heterocycles. The summed E-state index contributed by atoms with van der Waals surface area (Å²) < 4.78 is 0. The third-order valence-corrected chi connectivity index (χ3v) is 13.5. The van der Waals surface area contributed by atoms with Crippen molar-refractivity contribution in [2.24, 2.45) is 0 Å². The van der Waals surface area contributed by atoms with Gasteiger partial charge in [0.15, 0.2) is 0 Å². The smallest absolute Gasteiger partial charge is 0.210 e. The lowest BCUT2D eigenvalue weighted by molar-refractivity contribution is 0.776. The van der Waals surface area contributed by atoms with Crippen LogP contribution in [0.5, 0.6) is 0 Å². The van der Waals surface area contributed by atoms with Crippen LogP contribution in [0, 0.1) is 17.9 Å². The molecule has 0 spiro atoms. The summed E-state index contributed by atoms with van der Waals surface area (Å²) in [5, 5.41) is 17.4. The SMILES string of the molecule is [C-]#[N+]c1ccccc1N(c1ccccc1)c1ccc2c3c(c4ccccc4c2c1)-c1c(cc(N(c2ccccc2)c2ccccc2C#N)c2ccccc12)C3(c1ccccc1)c1ccccc1. The Morgan fingerprint density at radius 1 is 0.388 bits per heavy atom. The first-order valence-electron chi connectivity index (χ1n) is 22.5. The summed E-state index contributed by atoms with van der Waals surface area (Å²) in [5.74, 6) is 0. The maximum absolute atomic E-state index is 10.6. The number of anilines is 6. The van der Waals surface area contributed by atoms with Crippen molar-refractivity contribution in [2.75, 3.05) is 9.80 Å². The molecular formula is C63H40N4. The molecule has 0 aliphatic heterocycles. The van der Waals surface area contributed by atoms with E-state index in [0.717, 1.165) is 77.6 Å². The highest BCUT2D eigenvalue weighted by molar-refractivity contribution is 6.24. The number of rotatable bonds is 8. The number of benzene rings is 11. The van der Waals surface area contributed by atoms with Gasteiger partial charge in [0.2, 0.25) is 5.69 Å². The number of para-hydroxylation sites is 5. The monoisotopic (exact) mass is 852 g/mol. The molecule has 0 saturated carbocycles. The van der Waals surface area contributed by atoms with Gasteiger partial charge in [-0.2, -0.15) is 5.26 Å². The van der Waals surface area contributed by atoms with Gasteiger partial charge >= 0.3 is 0 Å². The van der Waals surface area contributed by atoms with Crippen LogP contribution in [-0.2, 0) is 5.41 Å². The normalized spacial score (nSPS) is 12.3. The molecule has 0 aromatic heterocycles.